The minimum Gasteiger partial charge on any atom is -0.370 e. The van der Waals surface area contributed by atoms with Gasteiger partial charge >= 0.3 is 5.92 Å². The maximum absolute atomic E-state index is 13.3. The molecule has 0 rings (SSSR count). The molecule has 1 atom stereocenters. The first-order chi connectivity index (χ1) is 6.16. The molecular formula is C8H16F2N2O2. The second-order valence-corrected chi connectivity index (χ2v) is 3.45. The molecule has 1 amide bonds. The van der Waals surface area contributed by atoms with Crippen molar-refractivity contribution in [2.24, 2.45) is 5.73 Å². The number of amides is 1. The summed E-state index contributed by atoms with van der Waals surface area (Å²) in [6.07, 6.45) is -0.0666. The Morgan fingerprint density at radius 2 is 1.93 bits per heavy atom. The summed E-state index contributed by atoms with van der Waals surface area (Å²) in [5.41, 5.74) is 2.23. The van der Waals surface area contributed by atoms with Gasteiger partial charge in [-0.2, -0.15) is 8.78 Å². The van der Waals surface area contributed by atoms with Crippen LogP contribution in [0.4, 0.5) is 8.78 Å². The number of hydrogen-bond donors (Lipinski definition) is 2. The number of carbonyl (C=O) groups excluding carboxylic acids is 1. The third-order valence-corrected chi connectivity index (χ3v) is 1.85. The van der Waals surface area contributed by atoms with Gasteiger partial charge < -0.3 is 10.0 Å². The zero-order chi connectivity index (χ0) is 11.6. The molecule has 0 heterocycles. The van der Waals surface area contributed by atoms with Crippen LogP contribution < -0.4 is 5.73 Å². The Hall–Kier alpha value is -0.750. The molecule has 0 radical (unpaired) electrons. The van der Waals surface area contributed by atoms with Crippen LogP contribution in [0.15, 0.2) is 0 Å². The van der Waals surface area contributed by atoms with Gasteiger partial charge in [-0.15, -0.1) is 0 Å². The summed E-state index contributed by atoms with van der Waals surface area (Å²) in [4.78, 5) is 11.7. The highest BCUT2D eigenvalue weighted by Gasteiger charge is 2.56. The monoisotopic (exact) mass is 210 g/mol. The smallest absolute Gasteiger partial charge is 0.365 e. The molecule has 0 fully saturated rings. The van der Waals surface area contributed by atoms with E-state index in [1.165, 1.54) is 14.1 Å². The molecule has 0 aliphatic heterocycles. The van der Waals surface area contributed by atoms with Crippen molar-refractivity contribution < 1.29 is 18.7 Å². The quantitative estimate of drug-likeness (QED) is 0.649. The van der Waals surface area contributed by atoms with E-state index in [-0.39, 0.29) is 12.8 Å². The van der Waals surface area contributed by atoms with Gasteiger partial charge in [-0.1, -0.05) is 13.3 Å². The van der Waals surface area contributed by atoms with Gasteiger partial charge in [-0.05, 0) is 6.42 Å². The fourth-order valence-electron chi connectivity index (χ4n) is 1.00. The Kier molecular flexibility index (Phi) is 3.96. The Labute approximate surface area is 81.7 Å². The fraction of sp³-hybridized carbons (Fsp3) is 0.875. The number of alkyl halides is 2. The highest BCUT2D eigenvalue weighted by Crippen LogP contribution is 2.29. The lowest BCUT2D eigenvalue weighted by Gasteiger charge is -2.32. The van der Waals surface area contributed by atoms with E-state index in [1.54, 1.807) is 6.92 Å². The molecule has 14 heavy (non-hydrogen) atoms. The van der Waals surface area contributed by atoms with E-state index in [1.807, 2.05) is 0 Å². The van der Waals surface area contributed by atoms with Crippen LogP contribution in [0.1, 0.15) is 19.8 Å². The van der Waals surface area contributed by atoms with Gasteiger partial charge in [0.1, 0.15) is 0 Å². The van der Waals surface area contributed by atoms with Gasteiger partial charge in [0.2, 0.25) is 0 Å². The van der Waals surface area contributed by atoms with E-state index in [0.717, 1.165) is 0 Å². The molecule has 6 heteroatoms. The van der Waals surface area contributed by atoms with Crippen molar-refractivity contribution in [3.05, 3.63) is 0 Å². The van der Waals surface area contributed by atoms with Crippen molar-refractivity contribution in [1.82, 2.24) is 4.90 Å². The zero-order valence-corrected chi connectivity index (χ0v) is 8.55. The maximum Gasteiger partial charge on any atom is 0.365 e. The summed E-state index contributed by atoms with van der Waals surface area (Å²) < 4.78 is 26.5. The Bertz CT molecular complexity index is 217. The van der Waals surface area contributed by atoms with Crippen LogP contribution in [0.5, 0.6) is 0 Å². The Morgan fingerprint density at radius 3 is 2.21 bits per heavy atom. The predicted octanol–water partition coefficient (Wildman–Crippen LogP) is 0.157. The van der Waals surface area contributed by atoms with Crippen LogP contribution in [0.3, 0.4) is 0 Å². The van der Waals surface area contributed by atoms with Crippen LogP contribution >= 0.6 is 0 Å². The lowest BCUT2D eigenvalue weighted by Crippen LogP contribution is -2.62. The van der Waals surface area contributed by atoms with Crippen molar-refractivity contribution in [3.8, 4) is 0 Å². The van der Waals surface area contributed by atoms with Gasteiger partial charge in [-0.25, -0.2) is 0 Å². The molecule has 0 saturated carbocycles. The highest BCUT2D eigenvalue weighted by molar-refractivity contribution is 5.84. The number of carbonyl (C=O) groups is 1. The second-order valence-electron chi connectivity index (χ2n) is 3.45. The number of nitrogens with zero attached hydrogens (tertiary/aromatic N) is 1. The largest absolute Gasteiger partial charge is 0.370 e. The predicted molar refractivity (Wildman–Crippen MR) is 47.7 cm³/mol. The maximum atomic E-state index is 13.3. The lowest BCUT2D eigenvalue weighted by molar-refractivity contribution is -0.200. The summed E-state index contributed by atoms with van der Waals surface area (Å²) in [7, 11) is 2.36. The first-order valence-corrected chi connectivity index (χ1v) is 4.27. The molecular weight excluding hydrogens is 194 g/mol. The van der Waals surface area contributed by atoms with E-state index in [2.05, 4.69) is 0 Å². The third-order valence-electron chi connectivity index (χ3n) is 1.85. The molecule has 0 aliphatic carbocycles. The van der Waals surface area contributed by atoms with E-state index in [4.69, 9.17) is 5.73 Å². The Balaban J connectivity index is 4.84. The summed E-state index contributed by atoms with van der Waals surface area (Å²) >= 11 is 0. The third kappa shape index (κ3) is 2.39. The highest BCUT2D eigenvalue weighted by atomic mass is 19.3. The lowest BCUT2D eigenvalue weighted by atomic mass is 10.00. The van der Waals surface area contributed by atoms with E-state index >= 15 is 0 Å². The average Bonchev–Trinajstić information content (AvgIpc) is 2.02. The van der Waals surface area contributed by atoms with Crippen LogP contribution in [0.2, 0.25) is 0 Å². The standard InChI is InChI=1S/C8H16F2N2O2/c1-4-5-7(11,14)8(9,10)6(13)12(2)3/h14H,4-5,11H2,1-3H3/t7-/m0/s1. The van der Waals surface area contributed by atoms with Crippen molar-refractivity contribution >= 4 is 5.91 Å². The van der Waals surface area contributed by atoms with Crippen LogP contribution in [0.25, 0.3) is 0 Å². The number of nitrogens with two attached hydrogens (primary N) is 1. The van der Waals surface area contributed by atoms with Crippen LogP contribution in [0, 0.1) is 0 Å². The summed E-state index contributed by atoms with van der Waals surface area (Å²) in [5.74, 6) is -5.44. The molecule has 4 nitrogen and oxygen atoms in total. The molecule has 3 N–H and O–H groups in total. The molecule has 0 aromatic rings. The molecule has 0 unspecified atom stereocenters. The minimum absolute atomic E-state index is 0.267. The minimum atomic E-state index is -3.95. The normalized spacial score (nSPS) is 16.2. The Morgan fingerprint density at radius 1 is 1.50 bits per heavy atom. The van der Waals surface area contributed by atoms with Gasteiger partial charge in [0.05, 0.1) is 0 Å². The van der Waals surface area contributed by atoms with E-state index in [0.29, 0.717) is 4.90 Å². The molecule has 0 aliphatic rings. The summed E-state index contributed by atoms with van der Waals surface area (Å²) in [6, 6.07) is 0. The SMILES string of the molecule is CCC[C@](N)(O)C(F)(F)C(=O)N(C)C. The molecule has 0 aromatic carbocycles. The number of halogens is 2. The number of hydrogen-bond acceptors (Lipinski definition) is 3. The van der Waals surface area contributed by atoms with Gasteiger partial charge in [0, 0.05) is 14.1 Å². The molecule has 0 saturated heterocycles. The van der Waals surface area contributed by atoms with Gasteiger partial charge in [0.15, 0.2) is 5.72 Å². The molecule has 0 spiro atoms. The van der Waals surface area contributed by atoms with E-state index < -0.39 is 17.6 Å². The first kappa shape index (κ1) is 13.2. The first-order valence-electron chi connectivity index (χ1n) is 4.27. The van der Waals surface area contributed by atoms with Crippen LogP contribution in [-0.4, -0.2) is 41.7 Å². The van der Waals surface area contributed by atoms with E-state index in [9.17, 15) is 18.7 Å². The van der Waals surface area contributed by atoms with Gasteiger partial charge in [0.25, 0.3) is 5.91 Å². The van der Waals surface area contributed by atoms with Crippen molar-refractivity contribution in [2.45, 2.75) is 31.4 Å². The number of aliphatic hydroxyl groups is 1. The van der Waals surface area contributed by atoms with Crippen molar-refractivity contribution in [1.29, 1.82) is 0 Å². The number of rotatable bonds is 4. The second kappa shape index (κ2) is 4.18. The van der Waals surface area contributed by atoms with Crippen molar-refractivity contribution in [3.63, 3.8) is 0 Å². The average molecular weight is 210 g/mol. The van der Waals surface area contributed by atoms with Crippen LogP contribution in [-0.2, 0) is 4.79 Å². The zero-order valence-electron chi connectivity index (χ0n) is 8.55. The fourth-order valence-corrected chi connectivity index (χ4v) is 1.00. The topological polar surface area (TPSA) is 66.6 Å². The van der Waals surface area contributed by atoms with Crippen molar-refractivity contribution in [2.75, 3.05) is 14.1 Å². The van der Waals surface area contributed by atoms with Gasteiger partial charge in [-0.3, -0.25) is 10.5 Å². The summed E-state index contributed by atoms with van der Waals surface area (Å²) in [5, 5.41) is 9.24. The molecule has 0 bridgehead atoms. The molecule has 0 aromatic heterocycles. The summed E-state index contributed by atoms with van der Waals surface area (Å²) in [6.45, 7) is 1.59. The molecule has 84 valence electrons.